The second kappa shape index (κ2) is 6.75. The van der Waals surface area contributed by atoms with Crippen LogP contribution in [0.2, 0.25) is 0 Å². The first-order chi connectivity index (χ1) is 8.95. The van der Waals surface area contributed by atoms with Crippen molar-refractivity contribution >= 4 is 11.9 Å². The van der Waals surface area contributed by atoms with Crippen molar-refractivity contribution in [1.29, 1.82) is 0 Å². The number of methoxy groups -OCH3 is 1. The van der Waals surface area contributed by atoms with Crippen LogP contribution in [0.15, 0.2) is 18.2 Å². The van der Waals surface area contributed by atoms with E-state index in [4.69, 9.17) is 9.84 Å². The standard InChI is InChI=1S/C13H17NO5/c1-8-3-4-11(15)9(7-8)12(16)14-10(13(17)18)5-6-19-2/h3-4,7,10,15H,5-6H2,1-2H3,(H,14,16)(H,17,18). The first-order valence-electron chi connectivity index (χ1n) is 5.78. The highest BCUT2D eigenvalue weighted by molar-refractivity contribution is 5.98. The van der Waals surface area contributed by atoms with Crippen LogP contribution in [0.25, 0.3) is 0 Å². The number of phenols is 1. The van der Waals surface area contributed by atoms with Crippen molar-refractivity contribution in [2.45, 2.75) is 19.4 Å². The summed E-state index contributed by atoms with van der Waals surface area (Å²) in [5.74, 6) is -1.94. The Labute approximate surface area is 111 Å². The van der Waals surface area contributed by atoms with Crippen LogP contribution in [0.5, 0.6) is 5.75 Å². The molecular weight excluding hydrogens is 250 g/mol. The summed E-state index contributed by atoms with van der Waals surface area (Å²) in [5, 5.41) is 20.9. The van der Waals surface area contributed by atoms with Crippen molar-refractivity contribution in [2.24, 2.45) is 0 Å². The van der Waals surface area contributed by atoms with Gasteiger partial charge >= 0.3 is 5.97 Å². The SMILES string of the molecule is COCCC(NC(=O)c1cc(C)ccc1O)C(=O)O. The number of nitrogens with one attached hydrogen (secondary N) is 1. The van der Waals surface area contributed by atoms with E-state index >= 15 is 0 Å². The van der Waals surface area contributed by atoms with Gasteiger partial charge in [0.25, 0.3) is 5.91 Å². The Balaban J connectivity index is 2.81. The molecule has 0 saturated carbocycles. The van der Waals surface area contributed by atoms with Crippen molar-refractivity contribution in [3.63, 3.8) is 0 Å². The van der Waals surface area contributed by atoms with Crippen LogP contribution in [0.1, 0.15) is 22.3 Å². The largest absolute Gasteiger partial charge is 0.507 e. The Hall–Kier alpha value is -2.08. The Morgan fingerprint density at radius 2 is 2.11 bits per heavy atom. The molecule has 0 radical (unpaired) electrons. The maximum Gasteiger partial charge on any atom is 0.326 e. The Bertz CT molecular complexity index is 472. The molecule has 1 rings (SSSR count). The summed E-state index contributed by atoms with van der Waals surface area (Å²) in [7, 11) is 1.45. The summed E-state index contributed by atoms with van der Waals surface area (Å²) >= 11 is 0. The summed E-state index contributed by atoms with van der Waals surface area (Å²) in [6.07, 6.45) is 0.157. The first-order valence-corrected chi connectivity index (χ1v) is 5.78. The number of aliphatic carboxylic acids is 1. The number of aromatic hydroxyl groups is 1. The Morgan fingerprint density at radius 1 is 1.42 bits per heavy atom. The van der Waals surface area contributed by atoms with E-state index in [-0.39, 0.29) is 24.3 Å². The second-order valence-corrected chi connectivity index (χ2v) is 4.17. The van der Waals surface area contributed by atoms with Crippen molar-refractivity contribution in [2.75, 3.05) is 13.7 Å². The van der Waals surface area contributed by atoms with Crippen LogP contribution >= 0.6 is 0 Å². The minimum absolute atomic E-state index is 0.0590. The number of carbonyl (C=O) groups excluding carboxylic acids is 1. The van der Waals surface area contributed by atoms with Gasteiger partial charge < -0.3 is 20.3 Å². The number of amides is 1. The van der Waals surface area contributed by atoms with E-state index < -0.39 is 17.9 Å². The number of carboxylic acid groups (broad SMARTS) is 1. The van der Waals surface area contributed by atoms with Crippen LogP contribution in [-0.2, 0) is 9.53 Å². The topological polar surface area (TPSA) is 95.9 Å². The maximum absolute atomic E-state index is 11.9. The number of aryl methyl sites for hydroxylation is 1. The zero-order valence-corrected chi connectivity index (χ0v) is 10.8. The van der Waals surface area contributed by atoms with Crippen LogP contribution < -0.4 is 5.32 Å². The molecule has 0 heterocycles. The fraction of sp³-hybridized carbons (Fsp3) is 0.385. The van der Waals surface area contributed by atoms with Gasteiger partial charge in [0, 0.05) is 20.1 Å². The second-order valence-electron chi connectivity index (χ2n) is 4.17. The van der Waals surface area contributed by atoms with Gasteiger partial charge in [-0.1, -0.05) is 11.6 Å². The van der Waals surface area contributed by atoms with Crippen molar-refractivity contribution < 1.29 is 24.5 Å². The molecule has 0 aromatic heterocycles. The molecule has 1 atom stereocenters. The molecule has 19 heavy (non-hydrogen) atoms. The van der Waals surface area contributed by atoms with Gasteiger partial charge in [0.05, 0.1) is 5.56 Å². The van der Waals surface area contributed by atoms with Crippen molar-refractivity contribution in [3.05, 3.63) is 29.3 Å². The average Bonchev–Trinajstić information content (AvgIpc) is 2.36. The van der Waals surface area contributed by atoms with Gasteiger partial charge in [-0.25, -0.2) is 4.79 Å². The molecule has 0 fully saturated rings. The van der Waals surface area contributed by atoms with Crippen molar-refractivity contribution in [3.8, 4) is 5.75 Å². The fourth-order valence-corrected chi connectivity index (χ4v) is 1.56. The summed E-state index contributed by atoms with van der Waals surface area (Å²) in [5.41, 5.74) is 0.857. The predicted molar refractivity (Wildman–Crippen MR) is 68.2 cm³/mol. The molecule has 1 amide bonds. The monoisotopic (exact) mass is 267 g/mol. The number of benzene rings is 1. The molecule has 1 unspecified atom stereocenters. The molecule has 0 aliphatic rings. The van der Waals surface area contributed by atoms with Gasteiger partial charge in [-0.2, -0.15) is 0 Å². The number of carbonyl (C=O) groups is 2. The van der Waals surface area contributed by atoms with Crippen LogP contribution in [0.3, 0.4) is 0 Å². The molecule has 6 heteroatoms. The highest BCUT2D eigenvalue weighted by Gasteiger charge is 2.21. The van der Waals surface area contributed by atoms with Crippen molar-refractivity contribution in [1.82, 2.24) is 5.32 Å². The van der Waals surface area contributed by atoms with E-state index in [1.165, 1.54) is 19.2 Å². The highest BCUT2D eigenvalue weighted by Crippen LogP contribution is 2.18. The number of ether oxygens (including phenoxy) is 1. The average molecular weight is 267 g/mol. The van der Waals surface area contributed by atoms with Crippen LogP contribution in [-0.4, -0.2) is 41.8 Å². The normalized spacial score (nSPS) is 11.9. The van der Waals surface area contributed by atoms with Crippen LogP contribution in [0, 0.1) is 6.92 Å². The lowest BCUT2D eigenvalue weighted by molar-refractivity contribution is -0.139. The lowest BCUT2D eigenvalue weighted by Gasteiger charge is -2.14. The van der Waals surface area contributed by atoms with Gasteiger partial charge in [0.1, 0.15) is 11.8 Å². The molecule has 0 aliphatic carbocycles. The molecule has 104 valence electrons. The highest BCUT2D eigenvalue weighted by atomic mass is 16.5. The van der Waals surface area contributed by atoms with Gasteiger partial charge in [0.15, 0.2) is 0 Å². The molecule has 0 bridgehead atoms. The zero-order valence-electron chi connectivity index (χ0n) is 10.8. The minimum atomic E-state index is -1.14. The molecule has 0 saturated heterocycles. The summed E-state index contributed by atoms with van der Waals surface area (Å²) in [6, 6.07) is 3.51. The molecule has 1 aromatic carbocycles. The molecule has 1 aromatic rings. The number of rotatable bonds is 6. The van der Waals surface area contributed by atoms with E-state index in [1.54, 1.807) is 13.0 Å². The smallest absolute Gasteiger partial charge is 0.326 e. The molecule has 3 N–H and O–H groups in total. The molecular formula is C13H17NO5. The fourth-order valence-electron chi connectivity index (χ4n) is 1.56. The summed E-state index contributed by atoms with van der Waals surface area (Å²) < 4.78 is 4.79. The van der Waals surface area contributed by atoms with Crippen LogP contribution in [0.4, 0.5) is 0 Å². The minimum Gasteiger partial charge on any atom is -0.507 e. The van der Waals surface area contributed by atoms with E-state index in [2.05, 4.69) is 5.32 Å². The van der Waals surface area contributed by atoms with E-state index in [9.17, 15) is 14.7 Å². The number of phenolic OH excluding ortho intramolecular Hbond substituents is 1. The first kappa shape index (κ1) is 15.0. The van der Waals surface area contributed by atoms with Gasteiger partial charge in [0.2, 0.25) is 0 Å². The summed E-state index contributed by atoms with van der Waals surface area (Å²) in [6.45, 7) is 1.99. The number of hydrogen-bond donors (Lipinski definition) is 3. The predicted octanol–water partition coefficient (Wildman–Crippen LogP) is 0.920. The lowest BCUT2D eigenvalue weighted by atomic mass is 10.1. The third kappa shape index (κ3) is 4.26. The zero-order chi connectivity index (χ0) is 14.4. The Morgan fingerprint density at radius 3 is 2.68 bits per heavy atom. The third-order valence-electron chi connectivity index (χ3n) is 2.61. The lowest BCUT2D eigenvalue weighted by Crippen LogP contribution is -2.41. The molecule has 0 aliphatic heterocycles. The molecule has 0 spiro atoms. The van der Waals surface area contributed by atoms with E-state index in [0.717, 1.165) is 5.56 Å². The van der Waals surface area contributed by atoms with Gasteiger partial charge in [-0.15, -0.1) is 0 Å². The third-order valence-corrected chi connectivity index (χ3v) is 2.61. The Kier molecular flexibility index (Phi) is 5.32. The molecule has 6 nitrogen and oxygen atoms in total. The number of carboxylic acids is 1. The van der Waals surface area contributed by atoms with Gasteiger partial charge in [-0.05, 0) is 19.1 Å². The van der Waals surface area contributed by atoms with E-state index in [0.29, 0.717) is 0 Å². The van der Waals surface area contributed by atoms with E-state index in [1.807, 2.05) is 0 Å². The summed E-state index contributed by atoms with van der Waals surface area (Å²) in [4.78, 5) is 22.9. The van der Waals surface area contributed by atoms with Gasteiger partial charge in [-0.3, -0.25) is 4.79 Å². The maximum atomic E-state index is 11.9. The number of hydrogen-bond acceptors (Lipinski definition) is 4. The quantitative estimate of drug-likeness (QED) is 0.712.